The Morgan fingerprint density at radius 2 is 0.657 bits per heavy atom. The molecular formula is C110H166Cl2N20O8. The van der Waals surface area contributed by atoms with Crippen LogP contribution in [0.2, 0.25) is 5.28 Å². The molecule has 10 heterocycles. The minimum atomic E-state index is -0.550. The van der Waals surface area contributed by atoms with Gasteiger partial charge in [0.2, 0.25) is 23.1 Å². The Balaban J connectivity index is 0.000000151. The van der Waals surface area contributed by atoms with Crippen LogP contribution in [0.4, 0.5) is 41.1 Å². The normalized spacial score (nSPS) is 24.5. The Morgan fingerprint density at radius 3 is 0.979 bits per heavy atom. The molecular weight excluding hydrogens is 1800 g/mol. The fourth-order valence-electron chi connectivity index (χ4n) is 21.9. The van der Waals surface area contributed by atoms with Crippen LogP contribution in [0.3, 0.4) is 0 Å². The summed E-state index contributed by atoms with van der Waals surface area (Å²) in [5, 5.41) is 26.4. The zero-order valence-electron chi connectivity index (χ0n) is 85.6. The standard InChI is InChI=1S/C38H53N5O3.C21H25ClO2.2C17H29N5O.C9H12ClN3O.C8H18N2/c1-25-18-31-32(38(4,5)15-14-37(31,2)3)21-28(25)20-29-11-12-33(46-29)35(44)41-22-26-8-6-9-27(19-26)23-42-36-39-16-13-34(43-36)40-24-30-10-7-17-45-30;1-13-10-16-17(21(4,5)9-8-20(16,2)3)12-14(13)11-15-6-7-18(24-15)19(22)23;2*18-10-13-3-1-4-14(9-13)11-21-17-19-7-6-16(22-17)20-12-15-5-2-8-23-15;10-9-11-4-3-8(13-9)12-6-7-2-1-5-14-7;9-5-7-2-1-3-8(4-7)6-10/h11-13,16,18,21,26-27,30H,6-10,14-15,17,19-20,22-24H2,1-5H3,(H,41,44)(H2,39,40,42,43);6-7,10,12H,8-9,11H2,1-5H3;2*6-7,13-15H,1-5,8-12,18H2,(H2,19,20,21,22);3-4,7H,1-2,5-6H2,(H,11,12,13);7-8H,1-6,9-10H2. The molecule has 140 heavy (non-hydrogen) atoms. The summed E-state index contributed by atoms with van der Waals surface area (Å²) in [7, 11) is 0. The molecule has 12 atom stereocenters. The van der Waals surface area contributed by atoms with Crippen molar-refractivity contribution in [1.29, 1.82) is 0 Å². The molecule has 768 valence electrons. The highest BCUT2D eigenvalue weighted by molar-refractivity contribution is 6.67. The van der Waals surface area contributed by atoms with Gasteiger partial charge in [-0.3, -0.25) is 9.59 Å². The van der Waals surface area contributed by atoms with Gasteiger partial charge in [0.05, 0.1) is 24.4 Å². The summed E-state index contributed by atoms with van der Waals surface area (Å²) in [6.45, 7) is 36.5. The van der Waals surface area contributed by atoms with E-state index in [4.69, 9.17) is 73.9 Å². The number of anilines is 7. The van der Waals surface area contributed by atoms with E-state index in [0.29, 0.717) is 96.8 Å². The number of nitrogens with one attached hydrogen (secondary N) is 8. The Kier molecular flexibility index (Phi) is 41.7. The first-order valence-electron chi connectivity index (χ1n) is 52.9. The lowest BCUT2D eigenvalue weighted by molar-refractivity contribution is 0.0910. The van der Waals surface area contributed by atoms with Crippen LogP contribution in [-0.4, -0.2) is 180 Å². The first kappa shape index (κ1) is 109. The van der Waals surface area contributed by atoms with E-state index in [1.807, 2.05) is 36.4 Å². The number of ether oxygens (including phenoxy) is 4. The molecule has 30 heteroatoms. The van der Waals surface area contributed by atoms with Crippen molar-refractivity contribution in [3.05, 3.63) is 170 Å². The average molecular weight is 1970 g/mol. The maximum atomic E-state index is 13.1. The minimum absolute atomic E-state index is 0.128. The number of carbonyl (C=O) groups excluding carboxylic acids is 2. The van der Waals surface area contributed by atoms with Crippen molar-refractivity contribution in [1.82, 2.24) is 45.2 Å². The highest BCUT2D eigenvalue weighted by atomic mass is 35.5. The summed E-state index contributed by atoms with van der Waals surface area (Å²) in [6.07, 6.45) is 43.4. The molecule has 0 radical (unpaired) electrons. The molecule has 4 saturated carbocycles. The monoisotopic (exact) mass is 1970 g/mol. The Labute approximate surface area is 843 Å². The largest absolute Gasteiger partial charge is 0.456 e. The summed E-state index contributed by atoms with van der Waals surface area (Å²) in [6, 6.07) is 24.3. The van der Waals surface area contributed by atoms with E-state index in [9.17, 15) is 9.59 Å². The number of fused-ring (bicyclic) bond motifs is 2. The van der Waals surface area contributed by atoms with Gasteiger partial charge in [-0.2, -0.15) is 15.0 Å². The third kappa shape index (κ3) is 33.7. The number of hydrogen-bond acceptors (Lipinski definition) is 27. The molecule has 12 unspecified atom stereocenters. The lowest BCUT2D eigenvalue weighted by atomic mass is 9.62. The molecule has 6 aromatic heterocycles. The molecule has 2 aromatic carbocycles. The number of carbonyl (C=O) groups is 2. The minimum Gasteiger partial charge on any atom is -0.456 e. The number of furan rings is 2. The highest BCUT2D eigenvalue weighted by Crippen LogP contribution is 2.49. The number of aromatic nitrogens is 8. The van der Waals surface area contributed by atoms with E-state index < -0.39 is 5.24 Å². The van der Waals surface area contributed by atoms with Gasteiger partial charge in [0.1, 0.15) is 34.8 Å². The van der Waals surface area contributed by atoms with Gasteiger partial charge in [0.25, 0.3) is 11.1 Å². The summed E-state index contributed by atoms with van der Waals surface area (Å²) in [5.41, 5.74) is 34.5. The lowest BCUT2D eigenvalue weighted by Gasteiger charge is -2.42. The van der Waals surface area contributed by atoms with Crippen molar-refractivity contribution < 1.29 is 37.4 Å². The molecule has 18 rings (SSSR count). The number of hydrogen-bond donors (Lipinski definition) is 12. The van der Waals surface area contributed by atoms with Crippen molar-refractivity contribution in [3.8, 4) is 0 Å². The second kappa shape index (κ2) is 53.8. The molecule has 0 bridgehead atoms. The van der Waals surface area contributed by atoms with Gasteiger partial charge >= 0.3 is 0 Å². The van der Waals surface area contributed by atoms with Gasteiger partial charge in [0.15, 0.2) is 11.5 Å². The molecule has 6 aliphatic carbocycles. The summed E-state index contributed by atoms with van der Waals surface area (Å²) < 4.78 is 34.1. The second-order valence-corrected chi connectivity index (χ2v) is 44.5. The highest BCUT2D eigenvalue weighted by Gasteiger charge is 2.40. The summed E-state index contributed by atoms with van der Waals surface area (Å²) >= 11 is 11.1. The molecule has 4 saturated heterocycles. The topological polar surface area (TPSA) is 401 Å². The van der Waals surface area contributed by atoms with Gasteiger partial charge in [0, 0.05) is 116 Å². The van der Waals surface area contributed by atoms with Gasteiger partial charge in [-0.15, -0.1) is 0 Å². The summed E-state index contributed by atoms with van der Waals surface area (Å²) in [4.78, 5) is 58.9. The van der Waals surface area contributed by atoms with Crippen LogP contribution in [0.25, 0.3) is 0 Å². The zero-order chi connectivity index (χ0) is 99.0. The van der Waals surface area contributed by atoms with Crippen LogP contribution in [0.1, 0.15) is 312 Å². The first-order valence-corrected chi connectivity index (χ1v) is 53.6. The smallest absolute Gasteiger partial charge is 0.287 e. The van der Waals surface area contributed by atoms with Crippen LogP contribution < -0.4 is 65.5 Å². The Bertz CT molecular complexity index is 5010. The van der Waals surface area contributed by atoms with Crippen LogP contribution in [0.15, 0.2) is 106 Å². The maximum absolute atomic E-state index is 13.1. The lowest BCUT2D eigenvalue weighted by Crippen LogP contribution is -2.34. The first-order chi connectivity index (χ1) is 67.5. The molecule has 8 aromatic rings. The fraction of sp³-hybridized carbons (Fsp3) is 0.655. The number of benzene rings is 2. The van der Waals surface area contributed by atoms with Gasteiger partial charge in [-0.1, -0.05) is 105 Å². The van der Waals surface area contributed by atoms with Crippen molar-refractivity contribution in [2.45, 2.75) is 308 Å². The molecule has 1 amide bonds. The fourth-order valence-corrected chi connectivity index (χ4v) is 22.1. The van der Waals surface area contributed by atoms with Crippen molar-refractivity contribution in [2.75, 3.05) is 142 Å². The predicted molar refractivity (Wildman–Crippen MR) is 565 cm³/mol. The van der Waals surface area contributed by atoms with E-state index in [1.54, 1.807) is 36.9 Å². The third-order valence-electron chi connectivity index (χ3n) is 30.9. The van der Waals surface area contributed by atoms with Crippen LogP contribution >= 0.6 is 23.2 Å². The van der Waals surface area contributed by atoms with Crippen LogP contribution in [-0.2, 0) is 53.4 Å². The third-order valence-corrected chi connectivity index (χ3v) is 31.3. The van der Waals surface area contributed by atoms with E-state index in [2.05, 4.69) is 176 Å². The molecule has 28 nitrogen and oxygen atoms in total. The molecule has 10 aliphatic rings. The Morgan fingerprint density at radius 1 is 0.357 bits per heavy atom. The average Bonchev–Trinajstić information content (AvgIpc) is 0.809. The van der Waals surface area contributed by atoms with Crippen LogP contribution in [0, 0.1) is 61.2 Å². The van der Waals surface area contributed by atoms with Crippen LogP contribution in [0.5, 0.6) is 0 Å². The number of amides is 1. The van der Waals surface area contributed by atoms with E-state index in [1.165, 1.54) is 154 Å². The van der Waals surface area contributed by atoms with Gasteiger partial charge in [-0.25, -0.2) is 24.9 Å². The zero-order valence-corrected chi connectivity index (χ0v) is 87.1. The maximum Gasteiger partial charge on any atom is 0.287 e. The number of halogens is 2. The molecule has 8 fully saturated rings. The van der Waals surface area contributed by atoms with Crippen molar-refractivity contribution >= 4 is 75.5 Å². The number of rotatable bonds is 33. The molecule has 16 N–H and O–H groups in total. The quantitative estimate of drug-likeness (QED) is 0.0134. The predicted octanol–water partition coefficient (Wildman–Crippen LogP) is 20.4. The van der Waals surface area contributed by atoms with E-state index in [0.717, 1.165) is 216 Å². The molecule has 0 spiro atoms. The summed E-state index contributed by atoms with van der Waals surface area (Å²) in [5.74, 6) is 12.7. The van der Waals surface area contributed by atoms with E-state index in [-0.39, 0.29) is 44.7 Å². The van der Waals surface area contributed by atoms with Crippen molar-refractivity contribution in [2.24, 2.45) is 70.3 Å². The molecule has 4 aliphatic heterocycles. The van der Waals surface area contributed by atoms with E-state index >= 15 is 0 Å². The number of nitrogens with two attached hydrogens (primary N) is 4. The number of nitrogens with zero attached hydrogens (tertiary/aromatic N) is 8. The SMILES string of the molecule is Cc1cc2c(cc1Cc1ccc(C(=O)Cl)o1)C(C)(C)CCC2(C)C.Cc1cc2c(cc1Cc1ccc(C(=O)NCC3CCCC(CNc4nccc(NCC5CCCO5)n4)C3)o1)C(C)(C)CCC2(C)C.Clc1nccc(NCC2CCCO2)n1.NCC1CCCC(CN)C1.NCC1CCCC(CNc2nccc(NCC3CCCO3)n2)C1.NCC1CCCC(CNc2nccc(NCC3CCCO3)n2)C1. The van der Waals surface area contributed by atoms with Gasteiger partial charge < -0.3 is 93.3 Å². The van der Waals surface area contributed by atoms with Gasteiger partial charge in [-0.05, 0) is 379 Å². The van der Waals surface area contributed by atoms with Crippen molar-refractivity contribution in [3.63, 3.8) is 0 Å². The second-order valence-electron chi connectivity index (χ2n) is 43.8. The number of aryl methyl sites for hydroxylation is 2. The Hall–Kier alpha value is -8.68.